The zero-order valence-corrected chi connectivity index (χ0v) is 13.7. The van der Waals surface area contributed by atoms with Crippen molar-refractivity contribution in [2.45, 2.75) is 18.5 Å². The number of para-hydroxylation sites is 1. The van der Waals surface area contributed by atoms with E-state index in [0.717, 1.165) is 12.0 Å². The van der Waals surface area contributed by atoms with Crippen molar-refractivity contribution in [1.82, 2.24) is 19.9 Å². The molecule has 0 aliphatic heterocycles. The van der Waals surface area contributed by atoms with Crippen molar-refractivity contribution >= 4 is 22.8 Å². The fraction of sp³-hybridized carbons (Fsp3) is 0.250. The van der Waals surface area contributed by atoms with Crippen LogP contribution in [0.1, 0.15) is 13.3 Å². The van der Waals surface area contributed by atoms with Crippen LogP contribution in [0.25, 0.3) is 22.4 Å². The SMILES string of the molecule is CCCOc1ccccc1-c1nc2nc(SC)ncc2c(=O)[nH]1. The third-order valence-electron chi connectivity index (χ3n) is 3.23. The van der Waals surface area contributed by atoms with Crippen LogP contribution >= 0.6 is 11.8 Å². The lowest BCUT2D eigenvalue weighted by Gasteiger charge is -2.10. The average Bonchev–Trinajstić information content (AvgIpc) is 2.59. The minimum absolute atomic E-state index is 0.261. The predicted molar refractivity (Wildman–Crippen MR) is 91.0 cm³/mol. The highest BCUT2D eigenvalue weighted by Gasteiger charge is 2.12. The third-order valence-corrected chi connectivity index (χ3v) is 3.79. The summed E-state index contributed by atoms with van der Waals surface area (Å²) in [5, 5.41) is 0.954. The van der Waals surface area contributed by atoms with Crippen molar-refractivity contribution in [3.05, 3.63) is 40.8 Å². The van der Waals surface area contributed by atoms with Crippen LogP contribution < -0.4 is 10.3 Å². The van der Waals surface area contributed by atoms with Gasteiger partial charge >= 0.3 is 0 Å². The summed E-state index contributed by atoms with van der Waals surface area (Å²) in [5.41, 5.74) is 0.862. The van der Waals surface area contributed by atoms with Gasteiger partial charge in [0.25, 0.3) is 5.56 Å². The minimum Gasteiger partial charge on any atom is -0.493 e. The fourth-order valence-corrected chi connectivity index (χ4v) is 2.47. The van der Waals surface area contributed by atoms with E-state index in [-0.39, 0.29) is 5.56 Å². The van der Waals surface area contributed by atoms with E-state index < -0.39 is 0 Å². The Morgan fingerprint density at radius 2 is 2.09 bits per heavy atom. The highest BCUT2D eigenvalue weighted by molar-refractivity contribution is 7.98. The molecule has 0 amide bonds. The van der Waals surface area contributed by atoms with E-state index in [2.05, 4.69) is 19.9 Å². The summed E-state index contributed by atoms with van der Waals surface area (Å²) in [5.74, 6) is 1.14. The number of thioether (sulfide) groups is 1. The van der Waals surface area contributed by atoms with Crippen molar-refractivity contribution in [1.29, 1.82) is 0 Å². The Morgan fingerprint density at radius 1 is 1.26 bits per heavy atom. The summed E-state index contributed by atoms with van der Waals surface area (Å²) >= 11 is 1.41. The van der Waals surface area contributed by atoms with Gasteiger partial charge in [0.15, 0.2) is 10.8 Å². The summed E-state index contributed by atoms with van der Waals surface area (Å²) in [6.45, 7) is 2.65. The molecule has 2 aromatic heterocycles. The van der Waals surface area contributed by atoms with Crippen LogP contribution in [0.3, 0.4) is 0 Å². The van der Waals surface area contributed by atoms with Gasteiger partial charge in [-0.3, -0.25) is 4.79 Å². The summed E-state index contributed by atoms with van der Waals surface area (Å²) in [6.07, 6.45) is 4.28. The smallest absolute Gasteiger partial charge is 0.262 e. The van der Waals surface area contributed by atoms with Crippen molar-refractivity contribution < 1.29 is 4.74 Å². The van der Waals surface area contributed by atoms with Crippen molar-refractivity contribution in [2.24, 2.45) is 0 Å². The highest BCUT2D eigenvalue weighted by Crippen LogP contribution is 2.27. The van der Waals surface area contributed by atoms with Crippen LogP contribution in [-0.4, -0.2) is 32.8 Å². The fourth-order valence-electron chi connectivity index (χ4n) is 2.14. The Labute approximate surface area is 137 Å². The van der Waals surface area contributed by atoms with Gasteiger partial charge in [0.2, 0.25) is 0 Å². The first kappa shape index (κ1) is 15.5. The second-order valence-electron chi connectivity index (χ2n) is 4.85. The van der Waals surface area contributed by atoms with Crippen LogP contribution in [0.5, 0.6) is 5.75 Å². The molecule has 3 rings (SSSR count). The molecule has 23 heavy (non-hydrogen) atoms. The number of nitrogens with one attached hydrogen (secondary N) is 1. The summed E-state index contributed by atoms with van der Waals surface area (Å²) in [6, 6.07) is 7.50. The van der Waals surface area contributed by atoms with Crippen LogP contribution in [0.15, 0.2) is 40.4 Å². The second kappa shape index (κ2) is 6.78. The Hall–Kier alpha value is -2.41. The topological polar surface area (TPSA) is 80.8 Å². The van der Waals surface area contributed by atoms with E-state index in [9.17, 15) is 4.79 Å². The Balaban J connectivity index is 2.15. The number of hydrogen-bond acceptors (Lipinski definition) is 6. The van der Waals surface area contributed by atoms with Crippen LogP contribution in [0.4, 0.5) is 0 Å². The maximum absolute atomic E-state index is 12.3. The van der Waals surface area contributed by atoms with Gasteiger partial charge in [-0.15, -0.1) is 0 Å². The molecule has 118 valence electrons. The number of nitrogens with zero attached hydrogens (tertiary/aromatic N) is 3. The van der Waals surface area contributed by atoms with Gasteiger partial charge in [-0.25, -0.2) is 15.0 Å². The molecule has 1 N–H and O–H groups in total. The Kier molecular flexibility index (Phi) is 4.57. The molecule has 0 atom stereocenters. The monoisotopic (exact) mass is 328 g/mol. The molecule has 6 nitrogen and oxygen atoms in total. The quantitative estimate of drug-likeness (QED) is 0.573. The lowest BCUT2D eigenvalue weighted by Crippen LogP contribution is -2.11. The lowest BCUT2D eigenvalue weighted by molar-refractivity contribution is 0.318. The van der Waals surface area contributed by atoms with E-state index in [1.54, 1.807) is 0 Å². The van der Waals surface area contributed by atoms with Gasteiger partial charge in [-0.05, 0) is 24.8 Å². The van der Waals surface area contributed by atoms with Gasteiger partial charge in [0.05, 0.1) is 12.2 Å². The van der Waals surface area contributed by atoms with Crippen molar-refractivity contribution in [3.8, 4) is 17.1 Å². The van der Waals surface area contributed by atoms with E-state index in [4.69, 9.17) is 4.74 Å². The van der Waals surface area contributed by atoms with E-state index in [0.29, 0.717) is 34.4 Å². The molecule has 2 heterocycles. The van der Waals surface area contributed by atoms with Crippen LogP contribution in [0, 0.1) is 0 Å². The summed E-state index contributed by atoms with van der Waals surface area (Å²) < 4.78 is 5.74. The molecular formula is C16H16N4O2S. The van der Waals surface area contributed by atoms with Crippen molar-refractivity contribution in [2.75, 3.05) is 12.9 Å². The molecule has 0 aliphatic rings. The molecule has 0 bridgehead atoms. The zero-order chi connectivity index (χ0) is 16.2. The number of rotatable bonds is 5. The number of aromatic nitrogens is 4. The normalized spacial score (nSPS) is 10.9. The third kappa shape index (κ3) is 3.19. The molecule has 0 saturated carbocycles. The number of H-pyrrole nitrogens is 1. The maximum Gasteiger partial charge on any atom is 0.262 e. The van der Waals surface area contributed by atoms with Gasteiger partial charge in [0, 0.05) is 6.20 Å². The summed E-state index contributed by atoms with van der Waals surface area (Å²) in [7, 11) is 0. The van der Waals surface area contributed by atoms with Gasteiger partial charge in [-0.2, -0.15) is 0 Å². The lowest BCUT2D eigenvalue weighted by atomic mass is 10.2. The van der Waals surface area contributed by atoms with Gasteiger partial charge in [0.1, 0.15) is 17.0 Å². The molecule has 0 unspecified atom stereocenters. The molecule has 0 fully saturated rings. The average molecular weight is 328 g/mol. The van der Waals surface area contributed by atoms with Crippen molar-refractivity contribution in [3.63, 3.8) is 0 Å². The first-order chi connectivity index (χ1) is 11.2. The van der Waals surface area contributed by atoms with E-state index >= 15 is 0 Å². The first-order valence-corrected chi connectivity index (χ1v) is 8.48. The van der Waals surface area contributed by atoms with E-state index in [1.807, 2.05) is 37.4 Å². The molecule has 1 aromatic carbocycles. The second-order valence-corrected chi connectivity index (χ2v) is 5.63. The maximum atomic E-state index is 12.3. The standard InChI is InChI=1S/C16H16N4O2S/c1-3-8-22-12-7-5-4-6-10(12)13-18-14-11(15(21)19-13)9-17-16(20-14)23-2/h4-7,9H,3,8H2,1-2H3,(H,17,18,19,20,21). The summed E-state index contributed by atoms with van der Waals surface area (Å²) in [4.78, 5) is 28.0. The number of benzene rings is 1. The molecule has 0 spiro atoms. The van der Waals surface area contributed by atoms with Gasteiger partial charge < -0.3 is 9.72 Å². The van der Waals surface area contributed by atoms with E-state index in [1.165, 1.54) is 18.0 Å². The molecular weight excluding hydrogens is 312 g/mol. The predicted octanol–water partition coefficient (Wildman–Crippen LogP) is 2.89. The number of aromatic amines is 1. The first-order valence-electron chi connectivity index (χ1n) is 7.26. The molecule has 0 radical (unpaired) electrons. The molecule has 0 saturated heterocycles. The number of hydrogen-bond donors (Lipinski definition) is 1. The van der Waals surface area contributed by atoms with Crippen LogP contribution in [0.2, 0.25) is 0 Å². The Bertz CT molecular complexity index is 895. The number of ether oxygens (including phenoxy) is 1. The largest absolute Gasteiger partial charge is 0.493 e. The Morgan fingerprint density at radius 3 is 2.87 bits per heavy atom. The zero-order valence-electron chi connectivity index (χ0n) is 12.9. The molecule has 3 aromatic rings. The molecule has 0 aliphatic carbocycles. The highest BCUT2D eigenvalue weighted by atomic mass is 32.2. The molecule has 7 heteroatoms. The minimum atomic E-state index is -0.261. The van der Waals surface area contributed by atoms with Gasteiger partial charge in [-0.1, -0.05) is 30.8 Å². The number of fused-ring (bicyclic) bond motifs is 1. The van der Waals surface area contributed by atoms with Crippen LogP contribution in [-0.2, 0) is 0 Å².